The molecule has 3 N–H and O–H groups in total. The molecule has 6 rings (SSSR count). The number of halogens is 1. The zero-order chi connectivity index (χ0) is 29.4. The molecule has 2 unspecified atom stereocenters. The zero-order valence-corrected chi connectivity index (χ0v) is 24.1. The van der Waals surface area contributed by atoms with E-state index in [9.17, 15) is 19.1 Å². The first-order chi connectivity index (χ1) is 20.3. The lowest BCUT2D eigenvalue weighted by Gasteiger charge is -2.26. The smallest absolute Gasteiger partial charge is 0.267 e. The highest BCUT2D eigenvalue weighted by molar-refractivity contribution is 7.20. The number of carbonyl (C=O) groups is 1. The molecule has 0 saturated carbocycles. The van der Waals surface area contributed by atoms with Crippen LogP contribution in [-0.4, -0.2) is 55.6 Å². The van der Waals surface area contributed by atoms with Gasteiger partial charge in [0, 0.05) is 41.4 Å². The fourth-order valence-electron chi connectivity index (χ4n) is 5.39. The maximum absolute atomic E-state index is 14.8. The molecule has 0 bridgehead atoms. The van der Waals surface area contributed by atoms with Crippen molar-refractivity contribution in [3.05, 3.63) is 98.7 Å². The molecule has 1 aliphatic heterocycles. The highest BCUT2D eigenvalue weighted by Gasteiger charge is 2.26. The van der Waals surface area contributed by atoms with E-state index in [0.29, 0.717) is 28.2 Å². The summed E-state index contributed by atoms with van der Waals surface area (Å²) in [5, 5.41) is 24.6. The van der Waals surface area contributed by atoms with Crippen molar-refractivity contribution < 1.29 is 14.3 Å². The largest absolute Gasteiger partial charge is 0.395 e. The molecule has 0 spiro atoms. The Morgan fingerprint density at radius 1 is 1.12 bits per heavy atom. The summed E-state index contributed by atoms with van der Waals surface area (Å²) in [7, 11) is 0. The third kappa shape index (κ3) is 5.50. The maximum atomic E-state index is 14.8. The lowest BCUT2D eigenvalue weighted by Crippen LogP contribution is -2.35. The van der Waals surface area contributed by atoms with E-state index < -0.39 is 11.7 Å². The average Bonchev–Trinajstić information content (AvgIpc) is 3.62. The number of aliphatic hydroxyl groups is 1. The summed E-state index contributed by atoms with van der Waals surface area (Å²) in [5.41, 5.74) is 3.28. The van der Waals surface area contributed by atoms with Gasteiger partial charge in [0.05, 0.1) is 40.8 Å². The van der Waals surface area contributed by atoms with Gasteiger partial charge >= 0.3 is 0 Å². The van der Waals surface area contributed by atoms with Gasteiger partial charge in [0.2, 0.25) is 0 Å². The van der Waals surface area contributed by atoms with Crippen LogP contribution in [0.15, 0.2) is 65.5 Å². The predicted molar refractivity (Wildman–Crippen MR) is 161 cm³/mol. The van der Waals surface area contributed by atoms with Gasteiger partial charge in [-0.25, -0.2) is 9.49 Å². The molecule has 42 heavy (non-hydrogen) atoms. The summed E-state index contributed by atoms with van der Waals surface area (Å²) in [5.74, 6) is -1.21. The summed E-state index contributed by atoms with van der Waals surface area (Å²) < 4.78 is 17.8. The number of thiophene rings is 1. The van der Waals surface area contributed by atoms with Crippen molar-refractivity contribution in [2.45, 2.75) is 38.8 Å². The Bertz CT molecular complexity index is 1800. The number of benzene rings is 2. The number of nitrogens with one attached hydrogen (secondary N) is 2. The Kier molecular flexibility index (Phi) is 7.72. The van der Waals surface area contributed by atoms with E-state index in [2.05, 4.69) is 26.5 Å². The van der Waals surface area contributed by atoms with Crippen LogP contribution in [0.4, 0.5) is 10.1 Å². The van der Waals surface area contributed by atoms with Crippen LogP contribution in [0.25, 0.3) is 21.3 Å². The van der Waals surface area contributed by atoms with Gasteiger partial charge in [-0.2, -0.15) is 10.2 Å². The molecular weight excluding hydrogens is 555 g/mol. The lowest BCUT2D eigenvalue weighted by atomic mass is 9.87. The number of aromatic amines is 1. The van der Waals surface area contributed by atoms with Crippen LogP contribution in [0.1, 0.15) is 52.3 Å². The molecule has 9 nitrogen and oxygen atoms in total. The number of rotatable bonds is 8. The first-order valence-electron chi connectivity index (χ1n) is 13.9. The maximum Gasteiger partial charge on any atom is 0.267 e. The van der Waals surface area contributed by atoms with Gasteiger partial charge in [-0.15, -0.1) is 11.3 Å². The molecule has 11 heteroatoms. The van der Waals surface area contributed by atoms with Crippen LogP contribution < -0.4 is 10.9 Å². The van der Waals surface area contributed by atoms with Crippen molar-refractivity contribution in [3.8, 4) is 11.3 Å². The fraction of sp³-hybridized carbons (Fsp3) is 0.290. The van der Waals surface area contributed by atoms with E-state index in [4.69, 9.17) is 5.10 Å². The van der Waals surface area contributed by atoms with Gasteiger partial charge in [-0.1, -0.05) is 32.0 Å². The van der Waals surface area contributed by atoms with Gasteiger partial charge in [0.25, 0.3) is 11.5 Å². The van der Waals surface area contributed by atoms with Crippen molar-refractivity contribution in [1.29, 1.82) is 0 Å². The second-order valence-corrected chi connectivity index (χ2v) is 11.8. The number of carbonyl (C=O) groups excluding carboxylic acids is 1. The predicted octanol–water partition coefficient (Wildman–Crippen LogP) is 4.95. The van der Waals surface area contributed by atoms with Crippen molar-refractivity contribution >= 4 is 33.0 Å². The van der Waals surface area contributed by atoms with Crippen molar-refractivity contribution in [2.24, 2.45) is 0 Å². The van der Waals surface area contributed by atoms with Crippen molar-refractivity contribution in [2.75, 3.05) is 25.0 Å². The molecule has 4 heterocycles. The number of β-amino-alcohol motifs (C(OH)–C–C–N with tert-alkyl or cyclic N) is 1. The molecule has 0 radical (unpaired) electrons. The molecule has 216 valence electrons. The first kappa shape index (κ1) is 28.0. The number of hydrogen-bond acceptors (Lipinski definition) is 7. The fourth-order valence-corrected chi connectivity index (χ4v) is 6.35. The average molecular weight is 587 g/mol. The van der Waals surface area contributed by atoms with Gasteiger partial charge in [-0.05, 0) is 53.8 Å². The van der Waals surface area contributed by atoms with E-state index in [1.807, 2.05) is 42.8 Å². The molecule has 3 aromatic heterocycles. The standard InChI is InChI=1S/C31H31FN6O3S/c1-18(19(2)25-15-22-17-37(11-12-39)9-10-38(22)36-25)23-16-26(34-35-30(23)40)20-7-8-24(32)27(13-20)33-31(41)29-14-21-5-3-4-6-28(21)42-29/h3-8,13-16,18-19,39H,9-12,17H2,1-2H3,(H,33,41)(H,35,40). The summed E-state index contributed by atoms with van der Waals surface area (Å²) in [6.07, 6.45) is 0. The Morgan fingerprint density at radius 3 is 2.76 bits per heavy atom. The van der Waals surface area contributed by atoms with E-state index >= 15 is 0 Å². The van der Waals surface area contributed by atoms with Gasteiger partial charge in [-0.3, -0.25) is 19.2 Å². The van der Waals surface area contributed by atoms with Gasteiger partial charge in [0.15, 0.2) is 0 Å². The Morgan fingerprint density at radius 2 is 1.95 bits per heavy atom. The number of aliphatic hydroxyl groups excluding tert-OH is 1. The van der Waals surface area contributed by atoms with Crippen LogP contribution in [-0.2, 0) is 13.1 Å². The first-order valence-corrected chi connectivity index (χ1v) is 14.7. The number of hydrogen-bond donors (Lipinski definition) is 3. The SMILES string of the molecule is CC(c1cc2n(n1)CCN(CCO)C2)C(C)c1cc(-c2ccc(F)c(NC(=O)c3cc4ccccc4s3)c2)n[nH]c1=O. The topological polar surface area (TPSA) is 116 Å². The molecular formula is C31H31FN6O3S. The highest BCUT2D eigenvalue weighted by atomic mass is 32.1. The molecule has 2 aromatic carbocycles. The third-order valence-corrected chi connectivity index (χ3v) is 9.13. The van der Waals surface area contributed by atoms with Crippen molar-refractivity contribution in [1.82, 2.24) is 24.9 Å². The molecule has 2 atom stereocenters. The van der Waals surface area contributed by atoms with Gasteiger partial charge in [0.1, 0.15) is 5.82 Å². The van der Waals surface area contributed by atoms with E-state index in [-0.39, 0.29) is 29.7 Å². The van der Waals surface area contributed by atoms with Gasteiger partial charge < -0.3 is 10.4 Å². The summed E-state index contributed by atoms with van der Waals surface area (Å²) in [6, 6.07) is 17.7. The quantitative estimate of drug-likeness (QED) is 0.237. The normalized spacial score (nSPS) is 15.0. The monoisotopic (exact) mass is 586 g/mol. The minimum atomic E-state index is -0.568. The minimum absolute atomic E-state index is 0.0322. The molecule has 5 aromatic rings. The molecule has 0 saturated heterocycles. The van der Waals surface area contributed by atoms with E-state index in [1.54, 1.807) is 18.2 Å². The van der Waals surface area contributed by atoms with Crippen LogP contribution in [0.3, 0.4) is 0 Å². The van der Waals surface area contributed by atoms with E-state index in [0.717, 1.165) is 41.1 Å². The minimum Gasteiger partial charge on any atom is -0.395 e. The summed E-state index contributed by atoms with van der Waals surface area (Å²) in [4.78, 5) is 28.5. The Hall–Kier alpha value is -4.19. The van der Waals surface area contributed by atoms with E-state index in [1.165, 1.54) is 23.5 Å². The highest BCUT2D eigenvalue weighted by Crippen LogP contribution is 2.33. The summed E-state index contributed by atoms with van der Waals surface area (Å²) in [6.45, 7) is 7.08. The second-order valence-electron chi connectivity index (χ2n) is 10.7. The third-order valence-electron chi connectivity index (χ3n) is 8.01. The van der Waals surface area contributed by atoms with Crippen LogP contribution in [0, 0.1) is 5.82 Å². The number of H-pyrrole nitrogens is 1. The number of fused-ring (bicyclic) bond motifs is 2. The van der Waals surface area contributed by atoms with Crippen LogP contribution >= 0.6 is 11.3 Å². The molecule has 1 aliphatic rings. The zero-order valence-electron chi connectivity index (χ0n) is 23.3. The molecule has 1 amide bonds. The Balaban J connectivity index is 1.23. The number of nitrogens with zero attached hydrogens (tertiary/aromatic N) is 4. The molecule has 0 aliphatic carbocycles. The number of amides is 1. The lowest BCUT2D eigenvalue weighted by molar-refractivity contribution is 0.103. The second kappa shape index (κ2) is 11.6. The Labute approximate surface area is 245 Å². The number of anilines is 1. The van der Waals surface area contributed by atoms with Crippen molar-refractivity contribution in [3.63, 3.8) is 0 Å². The van der Waals surface area contributed by atoms with Crippen LogP contribution in [0.5, 0.6) is 0 Å². The molecule has 0 fully saturated rings. The summed E-state index contributed by atoms with van der Waals surface area (Å²) >= 11 is 1.34. The number of aromatic nitrogens is 4. The van der Waals surface area contributed by atoms with Crippen LogP contribution in [0.2, 0.25) is 0 Å².